The lowest BCUT2D eigenvalue weighted by atomic mass is 9.92. The molecule has 1 aliphatic heterocycles. The van der Waals surface area contributed by atoms with Gasteiger partial charge in [0.1, 0.15) is 17.2 Å². The predicted molar refractivity (Wildman–Crippen MR) is 66.4 cm³/mol. The first kappa shape index (κ1) is 12.8. The van der Waals surface area contributed by atoms with Crippen LogP contribution in [0.15, 0.2) is 12.3 Å². The van der Waals surface area contributed by atoms with Crippen LogP contribution in [0.25, 0.3) is 0 Å². The summed E-state index contributed by atoms with van der Waals surface area (Å²) in [6, 6.07) is 1.26. The molecule has 1 aliphatic rings. The van der Waals surface area contributed by atoms with Crippen LogP contribution in [-0.4, -0.2) is 28.6 Å². The SMILES string of the molecule is CC1CCCN(c2ncc(F)cc2C(=O)O)C1C. The molecule has 1 N–H and O–H groups in total. The molecule has 0 bridgehead atoms. The van der Waals surface area contributed by atoms with E-state index in [1.807, 2.05) is 4.90 Å². The summed E-state index contributed by atoms with van der Waals surface area (Å²) in [6.45, 7) is 4.96. The van der Waals surface area contributed by atoms with E-state index in [1.165, 1.54) is 0 Å². The Bertz CT molecular complexity index is 464. The fourth-order valence-electron chi connectivity index (χ4n) is 2.45. The van der Waals surface area contributed by atoms with Gasteiger partial charge >= 0.3 is 5.97 Å². The van der Waals surface area contributed by atoms with Crippen molar-refractivity contribution in [3.05, 3.63) is 23.6 Å². The number of nitrogens with zero attached hydrogens (tertiary/aromatic N) is 2. The van der Waals surface area contributed by atoms with Crippen LogP contribution >= 0.6 is 0 Å². The van der Waals surface area contributed by atoms with E-state index in [0.717, 1.165) is 31.6 Å². The topological polar surface area (TPSA) is 53.4 Å². The van der Waals surface area contributed by atoms with Crippen LogP contribution in [-0.2, 0) is 0 Å². The smallest absolute Gasteiger partial charge is 0.339 e. The Morgan fingerprint density at radius 3 is 2.94 bits per heavy atom. The minimum absolute atomic E-state index is 0.0593. The average Bonchev–Trinajstić information content (AvgIpc) is 2.33. The molecular weight excluding hydrogens is 235 g/mol. The molecule has 0 radical (unpaired) electrons. The van der Waals surface area contributed by atoms with Crippen LogP contribution in [0.2, 0.25) is 0 Å². The second kappa shape index (κ2) is 4.92. The third-order valence-electron chi connectivity index (χ3n) is 3.71. The number of piperidine rings is 1. The van der Waals surface area contributed by atoms with Crippen molar-refractivity contribution in [3.8, 4) is 0 Å². The normalized spacial score (nSPS) is 24.1. The van der Waals surface area contributed by atoms with Crippen LogP contribution in [0.4, 0.5) is 10.2 Å². The Labute approximate surface area is 105 Å². The Hall–Kier alpha value is -1.65. The van der Waals surface area contributed by atoms with E-state index in [-0.39, 0.29) is 11.6 Å². The molecule has 2 heterocycles. The molecular formula is C13H17FN2O2. The first-order valence-electron chi connectivity index (χ1n) is 6.16. The molecule has 0 saturated carbocycles. The molecule has 1 aromatic heterocycles. The maximum Gasteiger partial charge on any atom is 0.339 e. The number of hydrogen-bond acceptors (Lipinski definition) is 3. The molecule has 98 valence electrons. The number of carboxylic acids is 1. The Morgan fingerprint density at radius 1 is 1.56 bits per heavy atom. The summed E-state index contributed by atoms with van der Waals surface area (Å²) in [5.74, 6) is -0.897. The molecule has 5 heteroatoms. The lowest BCUT2D eigenvalue weighted by Gasteiger charge is -2.39. The number of aromatic carboxylic acids is 1. The fourth-order valence-corrected chi connectivity index (χ4v) is 2.45. The summed E-state index contributed by atoms with van der Waals surface area (Å²) in [4.78, 5) is 17.1. The summed E-state index contributed by atoms with van der Waals surface area (Å²) in [5.41, 5.74) is -0.0593. The zero-order valence-corrected chi connectivity index (χ0v) is 10.6. The van der Waals surface area contributed by atoms with Gasteiger partial charge in [-0.2, -0.15) is 0 Å². The van der Waals surface area contributed by atoms with E-state index in [1.54, 1.807) is 0 Å². The van der Waals surface area contributed by atoms with Gasteiger partial charge in [0.15, 0.2) is 0 Å². The van der Waals surface area contributed by atoms with E-state index >= 15 is 0 Å². The molecule has 2 atom stereocenters. The van der Waals surface area contributed by atoms with Crippen LogP contribution in [0.5, 0.6) is 0 Å². The van der Waals surface area contributed by atoms with E-state index in [0.29, 0.717) is 11.7 Å². The third kappa shape index (κ3) is 2.30. The molecule has 0 spiro atoms. The minimum atomic E-state index is -1.14. The van der Waals surface area contributed by atoms with Crippen molar-refractivity contribution in [3.63, 3.8) is 0 Å². The highest BCUT2D eigenvalue weighted by Crippen LogP contribution is 2.29. The highest BCUT2D eigenvalue weighted by Gasteiger charge is 2.28. The molecule has 2 rings (SSSR count). The summed E-state index contributed by atoms with van der Waals surface area (Å²) in [5, 5.41) is 9.14. The number of carboxylic acid groups (broad SMARTS) is 1. The van der Waals surface area contributed by atoms with Crippen LogP contribution in [0, 0.1) is 11.7 Å². The van der Waals surface area contributed by atoms with E-state index in [9.17, 15) is 9.18 Å². The van der Waals surface area contributed by atoms with Gasteiger partial charge in [-0.05, 0) is 31.7 Å². The maximum absolute atomic E-state index is 13.1. The summed E-state index contributed by atoms with van der Waals surface area (Å²) in [7, 11) is 0. The first-order valence-corrected chi connectivity index (χ1v) is 6.16. The number of rotatable bonds is 2. The van der Waals surface area contributed by atoms with E-state index in [4.69, 9.17) is 5.11 Å². The number of anilines is 1. The highest BCUT2D eigenvalue weighted by atomic mass is 19.1. The second-order valence-corrected chi connectivity index (χ2v) is 4.88. The van der Waals surface area contributed by atoms with E-state index in [2.05, 4.69) is 18.8 Å². The maximum atomic E-state index is 13.1. The lowest BCUT2D eigenvalue weighted by Crippen LogP contribution is -2.43. The quantitative estimate of drug-likeness (QED) is 0.878. The van der Waals surface area contributed by atoms with E-state index < -0.39 is 11.8 Å². The van der Waals surface area contributed by atoms with Crippen molar-refractivity contribution < 1.29 is 14.3 Å². The van der Waals surface area contributed by atoms with Gasteiger partial charge in [0.2, 0.25) is 0 Å². The van der Waals surface area contributed by atoms with Crippen LogP contribution < -0.4 is 4.90 Å². The number of halogens is 1. The molecule has 0 aliphatic carbocycles. The average molecular weight is 252 g/mol. The molecule has 1 aromatic rings. The molecule has 0 aromatic carbocycles. The van der Waals surface area contributed by atoms with Gasteiger partial charge in [-0.1, -0.05) is 6.92 Å². The standard InChI is InChI=1S/C13H17FN2O2/c1-8-4-3-5-16(9(8)2)12-11(13(17)18)6-10(14)7-15-12/h6-9H,3-5H2,1-2H3,(H,17,18). The Morgan fingerprint density at radius 2 is 2.28 bits per heavy atom. The molecule has 1 fully saturated rings. The van der Waals surface area contributed by atoms with Crippen LogP contribution in [0.3, 0.4) is 0 Å². The highest BCUT2D eigenvalue weighted by molar-refractivity contribution is 5.93. The molecule has 0 amide bonds. The third-order valence-corrected chi connectivity index (χ3v) is 3.71. The number of carbonyl (C=O) groups is 1. The molecule has 4 nitrogen and oxygen atoms in total. The van der Waals surface area contributed by atoms with Gasteiger partial charge in [0.25, 0.3) is 0 Å². The van der Waals surface area contributed by atoms with Crippen molar-refractivity contribution in [1.82, 2.24) is 4.98 Å². The minimum Gasteiger partial charge on any atom is -0.478 e. The first-order chi connectivity index (χ1) is 8.50. The van der Waals surface area contributed by atoms with Gasteiger partial charge in [-0.15, -0.1) is 0 Å². The fraction of sp³-hybridized carbons (Fsp3) is 0.538. The van der Waals surface area contributed by atoms with Crippen molar-refractivity contribution in [2.45, 2.75) is 32.7 Å². The molecule has 18 heavy (non-hydrogen) atoms. The van der Waals surface area contributed by atoms with Crippen molar-refractivity contribution in [2.24, 2.45) is 5.92 Å². The number of pyridine rings is 1. The van der Waals surface area contributed by atoms with Gasteiger partial charge in [-0.25, -0.2) is 14.2 Å². The van der Waals surface area contributed by atoms with Gasteiger partial charge < -0.3 is 10.0 Å². The Balaban J connectivity index is 2.40. The van der Waals surface area contributed by atoms with Crippen molar-refractivity contribution >= 4 is 11.8 Å². The lowest BCUT2D eigenvalue weighted by molar-refractivity contribution is 0.0696. The number of aromatic nitrogens is 1. The van der Waals surface area contributed by atoms with Crippen LogP contribution in [0.1, 0.15) is 37.0 Å². The molecule has 1 saturated heterocycles. The zero-order chi connectivity index (χ0) is 13.3. The van der Waals surface area contributed by atoms with Gasteiger partial charge in [-0.3, -0.25) is 0 Å². The number of hydrogen-bond donors (Lipinski definition) is 1. The van der Waals surface area contributed by atoms with Crippen molar-refractivity contribution in [1.29, 1.82) is 0 Å². The van der Waals surface area contributed by atoms with Gasteiger partial charge in [0, 0.05) is 12.6 Å². The molecule has 2 unspecified atom stereocenters. The summed E-state index contributed by atoms with van der Waals surface area (Å²) < 4.78 is 13.1. The summed E-state index contributed by atoms with van der Waals surface area (Å²) in [6.07, 6.45) is 3.21. The Kier molecular flexibility index (Phi) is 3.50. The van der Waals surface area contributed by atoms with Gasteiger partial charge in [0.05, 0.1) is 6.20 Å². The monoisotopic (exact) mass is 252 g/mol. The van der Waals surface area contributed by atoms with Crippen molar-refractivity contribution in [2.75, 3.05) is 11.4 Å². The largest absolute Gasteiger partial charge is 0.478 e. The summed E-state index contributed by atoms with van der Waals surface area (Å²) >= 11 is 0. The second-order valence-electron chi connectivity index (χ2n) is 4.88. The zero-order valence-electron chi connectivity index (χ0n) is 10.6. The predicted octanol–water partition coefficient (Wildman–Crippen LogP) is 2.54.